The molecule has 29 heavy (non-hydrogen) atoms. The van der Waals surface area contributed by atoms with Crippen molar-refractivity contribution in [2.45, 2.75) is 5.41 Å². The molecule has 9 amide bonds. The third-order valence-electron chi connectivity index (χ3n) is 5.28. The van der Waals surface area contributed by atoms with Gasteiger partial charge in [0.25, 0.3) is 0 Å². The van der Waals surface area contributed by atoms with Crippen molar-refractivity contribution >= 4 is 47.3 Å². The average Bonchev–Trinajstić information content (AvgIpc) is 2.83. The van der Waals surface area contributed by atoms with E-state index in [0.29, 0.717) is 0 Å². The molecule has 1 aromatic rings. The highest BCUT2D eigenvalue weighted by Crippen LogP contribution is 2.51. The summed E-state index contributed by atoms with van der Waals surface area (Å²) in [6.45, 7) is 0. The van der Waals surface area contributed by atoms with Crippen LogP contribution in [0.15, 0.2) is 24.3 Å². The van der Waals surface area contributed by atoms with Gasteiger partial charge in [0.1, 0.15) is 17.3 Å². The SMILES string of the molecule is CN1C(=O)C(C2C(=O)NC(=O)NC2=O)(C2C(=O)NC(=O)NC2=O)c2ccccc21. The number of para-hydroxylation sites is 1. The van der Waals surface area contributed by atoms with Gasteiger partial charge in [0.05, 0.1) is 0 Å². The Bertz CT molecular complexity index is 960. The summed E-state index contributed by atoms with van der Waals surface area (Å²) in [6, 6.07) is 3.84. The smallest absolute Gasteiger partial charge is 0.314 e. The summed E-state index contributed by atoms with van der Waals surface area (Å²) in [4.78, 5) is 88.4. The first kappa shape index (κ1) is 18.3. The summed E-state index contributed by atoms with van der Waals surface area (Å²) < 4.78 is 0. The highest BCUT2D eigenvalue weighted by Gasteiger charge is 2.69. The van der Waals surface area contributed by atoms with E-state index >= 15 is 0 Å². The standard InChI is InChI=1S/C17H13N5O7/c1-22-7-5-3-2-4-6(7)17(14(22)27,8-10(23)18-15(28)19-11(8)24)9-12(25)20-16(29)21-13(9)26/h2-5,8-9H,1H3,(H2,18,19,23,24,28)(H2,20,21,25,26,29). The largest absolute Gasteiger partial charge is 0.328 e. The van der Waals surface area contributed by atoms with Crippen LogP contribution in [0.5, 0.6) is 0 Å². The molecule has 0 unspecified atom stereocenters. The monoisotopic (exact) mass is 399 g/mol. The number of nitrogens with one attached hydrogen (secondary N) is 4. The number of hydrogen-bond donors (Lipinski definition) is 4. The molecule has 4 rings (SSSR count). The fraction of sp³-hybridized carbons (Fsp3) is 0.235. The van der Waals surface area contributed by atoms with Crippen molar-refractivity contribution < 1.29 is 33.6 Å². The molecular formula is C17H13N5O7. The van der Waals surface area contributed by atoms with E-state index < -0.39 is 58.8 Å². The Morgan fingerprint density at radius 3 is 1.59 bits per heavy atom. The number of fused-ring (bicyclic) bond motifs is 1. The summed E-state index contributed by atoms with van der Waals surface area (Å²) in [6.07, 6.45) is 0. The number of benzene rings is 1. The number of amides is 9. The topological polar surface area (TPSA) is 171 Å². The van der Waals surface area contributed by atoms with Gasteiger partial charge in [-0.05, 0) is 11.6 Å². The second-order valence-electron chi connectivity index (χ2n) is 6.73. The molecule has 12 heteroatoms. The number of nitrogens with zero attached hydrogens (tertiary/aromatic N) is 1. The third-order valence-corrected chi connectivity index (χ3v) is 5.28. The number of carbonyl (C=O) groups excluding carboxylic acids is 7. The maximum absolute atomic E-state index is 13.5. The van der Waals surface area contributed by atoms with Gasteiger partial charge < -0.3 is 4.90 Å². The molecule has 148 valence electrons. The van der Waals surface area contributed by atoms with Gasteiger partial charge in [-0.1, -0.05) is 18.2 Å². The van der Waals surface area contributed by atoms with E-state index in [2.05, 4.69) is 0 Å². The van der Waals surface area contributed by atoms with Gasteiger partial charge in [0.2, 0.25) is 29.5 Å². The number of likely N-dealkylation sites (N-methyl/N-ethyl adjacent to an activating group) is 1. The van der Waals surface area contributed by atoms with Gasteiger partial charge in [0, 0.05) is 12.7 Å². The zero-order valence-corrected chi connectivity index (χ0v) is 14.8. The molecule has 3 aliphatic rings. The Labute approximate surface area is 162 Å². The average molecular weight is 399 g/mol. The molecule has 0 aromatic heterocycles. The lowest BCUT2D eigenvalue weighted by Gasteiger charge is -2.41. The minimum absolute atomic E-state index is 0.0711. The summed E-state index contributed by atoms with van der Waals surface area (Å²) in [7, 11) is 1.36. The lowest BCUT2D eigenvalue weighted by Crippen LogP contribution is -2.71. The Hall–Kier alpha value is -4.09. The summed E-state index contributed by atoms with van der Waals surface area (Å²) in [5.41, 5.74) is -1.97. The molecule has 2 fully saturated rings. The lowest BCUT2D eigenvalue weighted by atomic mass is 9.60. The van der Waals surface area contributed by atoms with Gasteiger partial charge in [-0.2, -0.15) is 0 Å². The molecular weight excluding hydrogens is 386 g/mol. The van der Waals surface area contributed by atoms with Gasteiger partial charge >= 0.3 is 12.1 Å². The van der Waals surface area contributed by atoms with Crippen molar-refractivity contribution in [2.24, 2.45) is 11.8 Å². The van der Waals surface area contributed by atoms with E-state index in [-0.39, 0.29) is 11.3 Å². The number of urea groups is 2. The van der Waals surface area contributed by atoms with Crippen molar-refractivity contribution in [3.05, 3.63) is 29.8 Å². The first-order valence-corrected chi connectivity index (χ1v) is 8.38. The number of imide groups is 4. The van der Waals surface area contributed by atoms with Crippen molar-refractivity contribution in [3.63, 3.8) is 0 Å². The second kappa shape index (κ2) is 5.95. The Morgan fingerprint density at radius 2 is 1.14 bits per heavy atom. The van der Waals surface area contributed by atoms with Gasteiger partial charge in [0.15, 0.2) is 0 Å². The molecule has 0 aliphatic carbocycles. The van der Waals surface area contributed by atoms with Crippen LogP contribution in [0, 0.1) is 11.8 Å². The van der Waals surface area contributed by atoms with Gasteiger partial charge in [-0.3, -0.25) is 45.2 Å². The predicted octanol–water partition coefficient (Wildman–Crippen LogP) is -2.13. The van der Waals surface area contributed by atoms with Gasteiger partial charge in [-0.15, -0.1) is 0 Å². The first-order valence-electron chi connectivity index (χ1n) is 8.38. The molecule has 0 saturated carbocycles. The molecule has 3 aliphatic heterocycles. The molecule has 2 saturated heterocycles. The number of rotatable bonds is 2. The second-order valence-corrected chi connectivity index (χ2v) is 6.73. The predicted molar refractivity (Wildman–Crippen MR) is 91.9 cm³/mol. The summed E-state index contributed by atoms with van der Waals surface area (Å²) in [5, 5.41) is 7.58. The van der Waals surface area contributed by atoms with E-state index in [1.54, 1.807) is 6.07 Å². The Balaban J connectivity index is 2.03. The molecule has 0 spiro atoms. The normalized spacial score (nSPS) is 22.1. The summed E-state index contributed by atoms with van der Waals surface area (Å²) >= 11 is 0. The third kappa shape index (κ3) is 2.28. The molecule has 0 radical (unpaired) electrons. The van der Waals surface area contributed by atoms with Crippen LogP contribution < -0.4 is 26.2 Å². The van der Waals surface area contributed by atoms with Crippen LogP contribution >= 0.6 is 0 Å². The van der Waals surface area contributed by atoms with E-state index in [9.17, 15) is 33.6 Å². The van der Waals surface area contributed by atoms with Crippen LogP contribution in [0.25, 0.3) is 0 Å². The molecule has 0 bridgehead atoms. The zero-order valence-electron chi connectivity index (χ0n) is 14.8. The maximum Gasteiger partial charge on any atom is 0.328 e. The fourth-order valence-electron chi connectivity index (χ4n) is 4.21. The first-order chi connectivity index (χ1) is 13.7. The highest BCUT2D eigenvalue weighted by molar-refractivity contribution is 6.27. The van der Waals surface area contributed by atoms with Crippen molar-refractivity contribution in [3.8, 4) is 0 Å². The molecule has 0 atom stereocenters. The minimum atomic E-state index is -2.31. The van der Waals surface area contributed by atoms with Crippen LogP contribution in [0.1, 0.15) is 5.56 Å². The van der Waals surface area contributed by atoms with E-state index in [1.165, 1.54) is 25.2 Å². The Kier molecular flexibility index (Phi) is 3.75. The van der Waals surface area contributed by atoms with Crippen molar-refractivity contribution in [1.82, 2.24) is 21.3 Å². The number of barbiturate groups is 2. The van der Waals surface area contributed by atoms with Gasteiger partial charge in [-0.25, -0.2) is 9.59 Å². The van der Waals surface area contributed by atoms with E-state index in [0.717, 1.165) is 4.90 Å². The van der Waals surface area contributed by atoms with Crippen LogP contribution in [0.3, 0.4) is 0 Å². The zero-order chi connectivity index (χ0) is 21.1. The summed E-state index contributed by atoms with van der Waals surface area (Å²) in [5.74, 6) is -9.30. The maximum atomic E-state index is 13.5. The number of hydrogen-bond acceptors (Lipinski definition) is 7. The van der Waals surface area contributed by atoms with E-state index in [4.69, 9.17) is 0 Å². The fourth-order valence-corrected chi connectivity index (χ4v) is 4.21. The molecule has 3 heterocycles. The number of anilines is 1. The van der Waals surface area contributed by atoms with Crippen LogP contribution in [-0.4, -0.2) is 48.6 Å². The van der Waals surface area contributed by atoms with Crippen molar-refractivity contribution in [1.29, 1.82) is 0 Å². The van der Waals surface area contributed by atoms with Crippen molar-refractivity contribution in [2.75, 3.05) is 11.9 Å². The molecule has 4 N–H and O–H groups in total. The van der Waals surface area contributed by atoms with Crippen LogP contribution in [0.4, 0.5) is 15.3 Å². The van der Waals surface area contributed by atoms with Crippen LogP contribution in [0.2, 0.25) is 0 Å². The minimum Gasteiger partial charge on any atom is -0.314 e. The highest BCUT2D eigenvalue weighted by atomic mass is 16.2. The van der Waals surface area contributed by atoms with Crippen LogP contribution in [-0.2, 0) is 29.4 Å². The Morgan fingerprint density at radius 1 is 0.724 bits per heavy atom. The van der Waals surface area contributed by atoms with E-state index in [1.807, 2.05) is 21.3 Å². The molecule has 1 aromatic carbocycles. The lowest BCUT2D eigenvalue weighted by molar-refractivity contribution is -0.152. The molecule has 12 nitrogen and oxygen atoms in total. The quantitative estimate of drug-likeness (QED) is 0.411. The number of carbonyl (C=O) groups is 7.